The highest BCUT2D eigenvalue weighted by molar-refractivity contribution is 6.36. The SMILES string of the molecule is CC1(C)CN(C(=O)C2CC(C(=O)O)=NO2)CC(CO)O1. The number of oxime groups is 1. The molecule has 2 rings (SSSR count). The largest absolute Gasteiger partial charge is 0.477 e. The van der Waals surface area contributed by atoms with Crippen molar-refractivity contribution >= 4 is 17.6 Å². The van der Waals surface area contributed by atoms with E-state index in [0.717, 1.165) is 0 Å². The Labute approximate surface area is 115 Å². The zero-order valence-corrected chi connectivity index (χ0v) is 11.4. The van der Waals surface area contributed by atoms with Gasteiger partial charge in [-0.25, -0.2) is 4.79 Å². The second-order valence-electron chi connectivity index (χ2n) is 5.54. The predicted octanol–water partition coefficient (Wildman–Crippen LogP) is -0.786. The first-order chi connectivity index (χ1) is 9.32. The van der Waals surface area contributed by atoms with Crippen LogP contribution >= 0.6 is 0 Å². The summed E-state index contributed by atoms with van der Waals surface area (Å²) in [5, 5.41) is 21.4. The minimum absolute atomic E-state index is 0.0459. The van der Waals surface area contributed by atoms with Crippen molar-refractivity contribution in [2.24, 2.45) is 5.16 Å². The first-order valence-electron chi connectivity index (χ1n) is 6.36. The molecule has 1 fully saturated rings. The van der Waals surface area contributed by atoms with Crippen LogP contribution in [0, 0.1) is 0 Å². The highest BCUT2D eigenvalue weighted by Gasteiger charge is 2.40. The van der Waals surface area contributed by atoms with E-state index >= 15 is 0 Å². The Kier molecular flexibility index (Phi) is 3.96. The van der Waals surface area contributed by atoms with Gasteiger partial charge in [-0.05, 0) is 13.8 Å². The van der Waals surface area contributed by atoms with Crippen LogP contribution in [0.15, 0.2) is 5.16 Å². The first kappa shape index (κ1) is 14.7. The van der Waals surface area contributed by atoms with E-state index in [0.29, 0.717) is 6.54 Å². The summed E-state index contributed by atoms with van der Waals surface area (Å²) in [5.74, 6) is -1.52. The highest BCUT2D eigenvalue weighted by atomic mass is 16.6. The number of ether oxygens (including phenoxy) is 1. The van der Waals surface area contributed by atoms with Gasteiger partial charge in [-0.3, -0.25) is 4.79 Å². The molecule has 0 spiro atoms. The minimum atomic E-state index is -1.18. The summed E-state index contributed by atoms with van der Waals surface area (Å²) in [7, 11) is 0. The number of nitrogens with zero attached hydrogens (tertiary/aromatic N) is 2. The normalized spacial score (nSPS) is 28.8. The molecule has 2 N–H and O–H groups in total. The van der Waals surface area contributed by atoms with Crippen molar-refractivity contribution < 1.29 is 29.4 Å². The lowest BCUT2D eigenvalue weighted by Crippen LogP contribution is -2.57. The fourth-order valence-corrected chi connectivity index (χ4v) is 2.40. The summed E-state index contributed by atoms with van der Waals surface area (Å²) in [5.41, 5.74) is -0.731. The summed E-state index contributed by atoms with van der Waals surface area (Å²) in [6.45, 7) is 4.06. The van der Waals surface area contributed by atoms with Crippen LogP contribution in [0.1, 0.15) is 20.3 Å². The second kappa shape index (κ2) is 5.37. The summed E-state index contributed by atoms with van der Waals surface area (Å²) in [6.07, 6.45) is -1.41. The molecule has 2 heterocycles. The van der Waals surface area contributed by atoms with Crippen molar-refractivity contribution in [1.82, 2.24) is 4.90 Å². The third-order valence-electron chi connectivity index (χ3n) is 3.19. The van der Waals surface area contributed by atoms with E-state index in [2.05, 4.69) is 5.16 Å². The van der Waals surface area contributed by atoms with Crippen molar-refractivity contribution in [3.63, 3.8) is 0 Å². The molecule has 0 saturated carbocycles. The Morgan fingerprint density at radius 1 is 1.50 bits per heavy atom. The van der Waals surface area contributed by atoms with Crippen LogP contribution in [0.25, 0.3) is 0 Å². The van der Waals surface area contributed by atoms with Crippen molar-refractivity contribution in [3.8, 4) is 0 Å². The van der Waals surface area contributed by atoms with E-state index in [4.69, 9.17) is 14.7 Å². The maximum Gasteiger partial charge on any atom is 0.353 e. The molecule has 2 atom stereocenters. The predicted molar refractivity (Wildman–Crippen MR) is 67.2 cm³/mol. The second-order valence-corrected chi connectivity index (χ2v) is 5.54. The molecule has 1 saturated heterocycles. The number of aliphatic hydroxyl groups excluding tert-OH is 1. The molecular formula is C12H18N2O6. The van der Waals surface area contributed by atoms with Crippen LogP contribution in [0.3, 0.4) is 0 Å². The quantitative estimate of drug-likeness (QED) is 0.704. The van der Waals surface area contributed by atoms with Gasteiger partial charge in [0.25, 0.3) is 5.91 Å². The topological polar surface area (TPSA) is 109 Å². The van der Waals surface area contributed by atoms with E-state index < -0.39 is 23.8 Å². The number of aliphatic hydroxyl groups is 1. The van der Waals surface area contributed by atoms with Gasteiger partial charge in [0, 0.05) is 19.5 Å². The number of hydrogen-bond acceptors (Lipinski definition) is 6. The zero-order valence-electron chi connectivity index (χ0n) is 11.4. The Morgan fingerprint density at radius 3 is 2.75 bits per heavy atom. The maximum atomic E-state index is 12.3. The lowest BCUT2D eigenvalue weighted by molar-refractivity contribution is -0.173. The van der Waals surface area contributed by atoms with Gasteiger partial charge >= 0.3 is 5.97 Å². The molecule has 0 aromatic rings. The van der Waals surface area contributed by atoms with Gasteiger partial charge in [0.05, 0.1) is 18.3 Å². The molecule has 8 heteroatoms. The Balaban J connectivity index is 2.01. The van der Waals surface area contributed by atoms with Crippen molar-refractivity contribution in [2.45, 2.75) is 38.1 Å². The van der Waals surface area contributed by atoms with Crippen LogP contribution in [-0.4, -0.2) is 70.2 Å². The number of morpholine rings is 1. The third-order valence-corrected chi connectivity index (χ3v) is 3.19. The van der Waals surface area contributed by atoms with Crippen LogP contribution < -0.4 is 0 Å². The molecule has 2 unspecified atom stereocenters. The van der Waals surface area contributed by atoms with Gasteiger partial charge in [0.15, 0.2) is 5.71 Å². The number of aliphatic carboxylic acids is 1. The van der Waals surface area contributed by atoms with Gasteiger partial charge in [0.2, 0.25) is 6.10 Å². The zero-order chi connectivity index (χ0) is 14.9. The number of hydrogen-bond donors (Lipinski definition) is 2. The average Bonchev–Trinajstić information content (AvgIpc) is 2.85. The molecule has 20 heavy (non-hydrogen) atoms. The molecular weight excluding hydrogens is 268 g/mol. The van der Waals surface area contributed by atoms with E-state index in [-0.39, 0.29) is 31.2 Å². The molecule has 112 valence electrons. The van der Waals surface area contributed by atoms with Gasteiger partial charge in [-0.2, -0.15) is 0 Å². The fraction of sp³-hybridized carbons (Fsp3) is 0.750. The lowest BCUT2D eigenvalue weighted by atomic mass is 10.0. The molecule has 0 aliphatic carbocycles. The number of amides is 1. The van der Waals surface area contributed by atoms with Gasteiger partial charge in [-0.1, -0.05) is 5.16 Å². The van der Waals surface area contributed by atoms with E-state index in [1.54, 1.807) is 0 Å². The van der Waals surface area contributed by atoms with Crippen LogP contribution in [0.5, 0.6) is 0 Å². The molecule has 2 aliphatic rings. The van der Waals surface area contributed by atoms with E-state index in [1.807, 2.05) is 13.8 Å². The number of carbonyl (C=O) groups is 2. The van der Waals surface area contributed by atoms with E-state index in [9.17, 15) is 14.7 Å². The molecule has 0 aromatic carbocycles. The summed E-state index contributed by atoms with van der Waals surface area (Å²) < 4.78 is 5.62. The Morgan fingerprint density at radius 2 is 2.20 bits per heavy atom. The van der Waals surface area contributed by atoms with Crippen molar-refractivity contribution in [2.75, 3.05) is 19.7 Å². The number of carboxylic acid groups (broad SMARTS) is 1. The number of carboxylic acids is 1. The van der Waals surface area contributed by atoms with Crippen molar-refractivity contribution in [3.05, 3.63) is 0 Å². The summed E-state index contributed by atoms with van der Waals surface area (Å²) in [4.78, 5) is 29.5. The van der Waals surface area contributed by atoms with Gasteiger partial charge < -0.3 is 24.7 Å². The lowest BCUT2D eigenvalue weighted by Gasteiger charge is -2.42. The molecule has 1 amide bonds. The molecule has 8 nitrogen and oxygen atoms in total. The van der Waals surface area contributed by atoms with Gasteiger partial charge in [0.1, 0.15) is 0 Å². The van der Waals surface area contributed by atoms with E-state index in [1.165, 1.54) is 4.90 Å². The Bertz CT molecular complexity index is 447. The number of rotatable bonds is 3. The smallest absolute Gasteiger partial charge is 0.353 e. The summed E-state index contributed by atoms with van der Waals surface area (Å²) >= 11 is 0. The maximum absolute atomic E-state index is 12.3. The highest BCUT2D eigenvalue weighted by Crippen LogP contribution is 2.23. The monoisotopic (exact) mass is 286 g/mol. The van der Waals surface area contributed by atoms with Crippen LogP contribution in [0.2, 0.25) is 0 Å². The molecule has 0 aromatic heterocycles. The third kappa shape index (κ3) is 3.07. The Hall–Kier alpha value is -1.67. The molecule has 0 radical (unpaired) electrons. The van der Waals surface area contributed by atoms with Crippen LogP contribution in [0.4, 0.5) is 0 Å². The standard InChI is InChI=1S/C12H18N2O6/c1-12(2)6-14(4-7(5-15)19-12)10(16)9-3-8(11(17)18)13-20-9/h7,9,15H,3-6H2,1-2H3,(H,17,18). The first-order valence-corrected chi connectivity index (χ1v) is 6.36. The average molecular weight is 286 g/mol. The van der Waals surface area contributed by atoms with Crippen LogP contribution in [-0.2, 0) is 19.2 Å². The van der Waals surface area contributed by atoms with Crippen molar-refractivity contribution in [1.29, 1.82) is 0 Å². The molecule has 2 aliphatic heterocycles. The van der Waals surface area contributed by atoms with Gasteiger partial charge in [-0.15, -0.1) is 0 Å². The fourth-order valence-electron chi connectivity index (χ4n) is 2.40. The molecule has 0 bridgehead atoms. The minimum Gasteiger partial charge on any atom is -0.477 e. The number of carbonyl (C=O) groups excluding carboxylic acids is 1. The summed E-state index contributed by atoms with van der Waals surface area (Å²) in [6, 6.07) is 0.